The van der Waals surface area contributed by atoms with Crippen LogP contribution in [0.15, 0.2) is 54.6 Å². The van der Waals surface area contributed by atoms with E-state index in [1.165, 1.54) is 0 Å². The molecule has 2 unspecified atom stereocenters. The number of nitrogens with one attached hydrogen (secondary N) is 2. The summed E-state index contributed by atoms with van der Waals surface area (Å²) >= 11 is 0. The number of nitrogens with zero attached hydrogens (tertiary/aromatic N) is 4. The highest BCUT2D eigenvalue weighted by molar-refractivity contribution is 5.88. The molecule has 192 valence electrons. The van der Waals surface area contributed by atoms with E-state index in [0.717, 1.165) is 37.1 Å². The molecule has 2 aliphatic heterocycles. The molecular weight excluding hydrogens is 464 g/mol. The van der Waals surface area contributed by atoms with Crippen LogP contribution in [-0.2, 0) is 22.6 Å². The van der Waals surface area contributed by atoms with Crippen molar-refractivity contribution in [3.05, 3.63) is 71.3 Å². The fraction of sp³-hybridized carbons (Fsp3) is 0.448. The number of benzene rings is 2. The van der Waals surface area contributed by atoms with Gasteiger partial charge in [-0.25, -0.2) is 0 Å². The molecule has 2 N–H and O–H groups in total. The lowest BCUT2D eigenvalue weighted by atomic mass is 9.77. The highest BCUT2D eigenvalue weighted by atomic mass is 16.2. The summed E-state index contributed by atoms with van der Waals surface area (Å²) in [5, 5.41) is 24.4. The minimum atomic E-state index is -0.613. The van der Waals surface area contributed by atoms with E-state index < -0.39 is 17.5 Å². The molecule has 2 aromatic carbocycles. The third-order valence-corrected chi connectivity index (χ3v) is 7.59. The number of rotatable bonds is 7. The average Bonchev–Trinajstić information content (AvgIpc) is 3.01. The Kier molecular flexibility index (Phi) is 8.55. The average molecular weight is 499 g/mol. The molecule has 2 fully saturated rings. The predicted molar refractivity (Wildman–Crippen MR) is 140 cm³/mol. The summed E-state index contributed by atoms with van der Waals surface area (Å²) in [6.07, 6.45) is 2.13. The van der Waals surface area contributed by atoms with Crippen molar-refractivity contribution in [3.8, 4) is 12.1 Å². The fourth-order valence-electron chi connectivity index (χ4n) is 5.44. The monoisotopic (exact) mass is 498 g/mol. The molecule has 37 heavy (non-hydrogen) atoms. The first-order chi connectivity index (χ1) is 17.9. The number of amides is 2. The standard InChI is InChI=1S/C29H34N6O2/c1-34-16-12-29(13-17-34)21-35(20-24-6-3-2-4-7-24)26(27(36)32-15-5-14-30)25(33-28(29)37)18-22-8-10-23(19-31)11-9-22/h2-4,6-11,25-26H,5,12-13,15-18,20-21H2,1H3,(H,32,36)(H,33,37). The summed E-state index contributed by atoms with van der Waals surface area (Å²) in [4.78, 5) is 31.9. The highest BCUT2D eigenvalue weighted by Crippen LogP contribution is 2.36. The Hall–Kier alpha value is -3.72. The maximum absolute atomic E-state index is 13.9. The van der Waals surface area contributed by atoms with E-state index in [1.807, 2.05) is 42.5 Å². The van der Waals surface area contributed by atoms with Crippen molar-refractivity contribution in [1.82, 2.24) is 20.4 Å². The van der Waals surface area contributed by atoms with Crippen LogP contribution in [0.2, 0.25) is 0 Å². The third kappa shape index (κ3) is 6.35. The van der Waals surface area contributed by atoms with Gasteiger partial charge in [0, 0.05) is 19.6 Å². The van der Waals surface area contributed by atoms with Crippen LogP contribution in [0.25, 0.3) is 0 Å². The molecule has 2 aliphatic rings. The van der Waals surface area contributed by atoms with Crippen molar-refractivity contribution < 1.29 is 9.59 Å². The summed E-state index contributed by atoms with van der Waals surface area (Å²) in [5.74, 6) is -0.181. The number of hydrogen-bond acceptors (Lipinski definition) is 6. The Balaban J connectivity index is 1.72. The zero-order valence-corrected chi connectivity index (χ0v) is 21.3. The number of piperidine rings is 1. The quantitative estimate of drug-likeness (QED) is 0.566. The molecule has 4 rings (SSSR count). The van der Waals surface area contributed by atoms with E-state index in [9.17, 15) is 14.9 Å². The van der Waals surface area contributed by atoms with Crippen LogP contribution in [-0.4, -0.2) is 66.9 Å². The topological polar surface area (TPSA) is 112 Å². The van der Waals surface area contributed by atoms with Crippen LogP contribution in [0.1, 0.15) is 36.0 Å². The largest absolute Gasteiger partial charge is 0.354 e. The molecule has 0 saturated carbocycles. The molecule has 0 aromatic heterocycles. The van der Waals surface area contributed by atoms with Gasteiger partial charge in [-0.05, 0) is 62.7 Å². The van der Waals surface area contributed by atoms with Gasteiger partial charge in [0.2, 0.25) is 11.8 Å². The van der Waals surface area contributed by atoms with Crippen molar-refractivity contribution in [1.29, 1.82) is 10.5 Å². The summed E-state index contributed by atoms with van der Waals surface area (Å²) in [6, 6.07) is 20.4. The zero-order valence-electron chi connectivity index (χ0n) is 21.3. The minimum Gasteiger partial charge on any atom is -0.354 e. The molecule has 2 atom stereocenters. The lowest BCUT2D eigenvalue weighted by Gasteiger charge is -2.41. The Labute approximate surface area is 218 Å². The van der Waals surface area contributed by atoms with E-state index in [1.54, 1.807) is 12.1 Å². The number of likely N-dealkylation sites (tertiary alicyclic amines) is 1. The molecule has 8 heteroatoms. The van der Waals surface area contributed by atoms with Gasteiger partial charge in [-0.15, -0.1) is 0 Å². The van der Waals surface area contributed by atoms with Gasteiger partial charge in [0.15, 0.2) is 0 Å². The fourth-order valence-corrected chi connectivity index (χ4v) is 5.44. The van der Waals surface area contributed by atoms with E-state index in [-0.39, 0.29) is 24.8 Å². The van der Waals surface area contributed by atoms with Gasteiger partial charge in [0.05, 0.1) is 35.6 Å². The molecule has 2 amide bonds. The second-order valence-electron chi connectivity index (χ2n) is 10.2. The summed E-state index contributed by atoms with van der Waals surface area (Å²) in [7, 11) is 2.07. The number of carbonyl (C=O) groups is 2. The maximum Gasteiger partial charge on any atom is 0.239 e. The molecule has 8 nitrogen and oxygen atoms in total. The van der Waals surface area contributed by atoms with Gasteiger partial charge in [0.1, 0.15) is 6.04 Å². The van der Waals surface area contributed by atoms with Crippen LogP contribution >= 0.6 is 0 Å². The van der Waals surface area contributed by atoms with Crippen LogP contribution < -0.4 is 10.6 Å². The molecule has 1 spiro atoms. The minimum absolute atomic E-state index is 0.00429. The molecule has 2 saturated heterocycles. The van der Waals surface area contributed by atoms with Crippen LogP contribution in [0.3, 0.4) is 0 Å². The Morgan fingerprint density at radius 3 is 2.43 bits per heavy atom. The second-order valence-corrected chi connectivity index (χ2v) is 10.2. The third-order valence-electron chi connectivity index (χ3n) is 7.59. The Morgan fingerprint density at radius 1 is 1.08 bits per heavy atom. The van der Waals surface area contributed by atoms with Crippen molar-refractivity contribution in [3.63, 3.8) is 0 Å². The van der Waals surface area contributed by atoms with Gasteiger partial charge < -0.3 is 15.5 Å². The number of nitriles is 2. The molecule has 0 bridgehead atoms. The number of carbonyl (C=O) groups excluding carboxylic acids is 2. The second kappa shape index (κ2) is 12.0. The van der Waals surface area contributed by atoms with Crippen LogP contribution in [0, 0.1) is 28.1 Å². The van der Waals surface area contributed by atoms with E-state index in [2.05, 4.69) is 39.6 Å². The van der Waals surface area contributed by atoms with Gasteiger partial charge in [-0.1, -0.05) is 42.5 Å². The summed E-state index contributed by atoms with van der Waals surface area (Å²) in [6.45, 7) is 2.94. The van der Waals surface area contributed by atoms with E-state index in [4.69, 9.17) is 5.26 Å². The van der Waals surface area contributed by atoms with Gasteiger partial charge >= 0.3 is 0 Å². The molecular formula is C29H34N6O2. The zero-order chi connectivity index (χ0) is 26.3. The SMILES string of the molecule is CN1CCC2(CC1)CN(Cc1ccccc1)C(C(=O)NCCC#N)C(Cc1ccc(C#N)cc1)NC2=O. The molecule has 0 radical (unpaired) electrons. The predicted octanol–water partition coefficient (Wildman–Crippen LogP) is 2.21. The lowest BCUT2D eigenvalue weighted by molar-refractivity contribution is -0.134. The first kappa shape index (κ1) is 26.3. The molecule has 2 aromatic rings. The van der Waals surface area contributed by atoms with Crippen molar-refractivity contribution in [2.45, 2.75) is 44.3 Å². The Morgan fingerprint density at radius 2 is 1.78 bits per heavy atom. The van der Waals surface area contributed by atoms with E-state index >= 15 is 0 Å². The van der Waals surface area contributed by atoms with Crippen molar-refractivity contribution in [2.24, 2.45) is 5.41 Å². The Bertz CT molecular complexity index is 1160. The van der Waals surface area contributed by atoms with Crippen molar-refractivity contribution in [2.75, 3.05) is 33.2 Å². The van der Waals surface area contributed by atoms with Crippen LogP contribution in [0.5, 0.6) is 0 Å². The normalized spacial score (nSPS) is 21.9. The lowest BCUT2D eigenvalue weighted by Crippen LogP contribution is -2.57. The molecule has 2 heterocycles. The maximum atomic E-state index is 13.9. The molecule has 0 aliphatic carbocycles. The first-order valence-corrected chi connectivity index (χ1v) is 12.9. The van der Waals surface area contributed by atoms with Gasteiger partial charge in [-0.2, -0.15) is 10.5 Å². The number of hydrogen-bond donors (Lipinski definition) is 2. The van der Waals surface area contributed by atoms with E-state index in [0.29, 0.717) is 25.1 Å². The first-order valence-electron chi connectivity index (χ1n) is 12.9. The smallest absolute Gasteiger partial charge is 0.239 e. The van der Waals surface area contributed by atoms with Crippen molar-refractivity contribution >= 4 is 11.8 Å². The van der Waals surface area contributed by atoms with Gasteiger partial charge in [0.25, 0.3) is 0 Å². The van der Waals surface area contributed by atoms with Crippen LogP contribution in [0.4, 0.5) is 0 Å². The summed E-state index contributed by atoms with van der Waals surface area (Å²) in [5.41, 5.74) is 2.01. The van der Waals surface area contributed by atoms with Gasteiger partial charge in [-0.3, -0.25) is 14.5 Å². The summed E-state index contributed by atoms with van der Waals surface area (Å²) < 4.78 is 0. The highest BCUT2D eigenvalue weighted by Gasteiger charge is 2.49.